The summed E-state index contributed by atoms with van der Waals surface area (Å²) in [6, 6.07) is 6.57. The van der Waals surface area contributed by atoms with Crippen LogP contribution < -0.4 is 10.5 Å². The van der Waals surface area contributed by atoms with Crippen molar-refractivity contribution in [1.29, 1.82) is 0 Å². The van der Waals surface area contributed by atoms with Gasteiger partial charge in [0.1, 0.15) is 0 Å². The third kappa shape index (κ3) is 4.11. The Morgan fingerprint density at radius 1 is 1.18 bits per heavy atom. The zero-order valence-corrected chi connectivity index (χ0v) is 11.3. The summed E-state index contributed by atoms with van der Waals surface area (Å²) in [6.07, 6.45) is 0. The highest BCUT2D eigenvalue weighted by molar-refractivity contribution is 7.89. The van der Waals surface area contributed by atoms with E-state index in [1.807, 2.05) is 20.8 Å². The molecular formula is C12H20N2O2S. The van der Waals surface area contributed by atoms with Gasteiger partial charge in [0.2, 0.25) is 10.0 Å². The van der Waals surface area contributed by atoms with Gasteiger partial charge in [-0.05, 0) is 30.5 Å². The zero-order chi connectivity index (χ0) is 13.1. The molecule has 0 saturated heterocycles. The maximum Gasteiger partial charge on any atom is 0.240 e. The molecule has 0 saturated carbocycles. The van der Waals surface area contributed by atoms with Gasteiger partial charge in [0.05, 0.1) is 4.90 Å². The fourth-order valence-electron chi connectivity index (χ4n) is 1.31. The van der Waals surface area contributed by atoms with E-state index >= 15 is 0 Å². The number of rotatable bonds is 5. The van der Waals surface area contributed by atoms with Gasteiger partial charge >= 0.3 is 0 Å². The Balaban J connectivity index is 2.85. The lowest BCUT2D eigenvalue weighted by molar-refractivity contribution is 0.560. The minimum Gasteiger partial charge on any atom is -0.324 e. The average molecular weight is 256 g/mol. The van der Waals surface area contributed by atoms with Gasteiger partial charge in [0.15, 0.2) is 0 Å². The number of benzene rings is 1. The molecule has 0 spiro atoms. The van der Waals surface area contributed by atoms with E-state index in [1.54, 1.807) is 24.3 Å². The Labute approximate surface area is 103 Å². The predicted octanol–water partition coefficient (Wildman–Crippen LogP) is 1.64. The third-order valence-corrected chi connectivity index (χ3v) is 3.84. The third-order valence-electron chi connectivity index (χ3n) is 2.40. The van der Waals surface area contributed by atoms with Crippen LogP contribution in [0.25, 0.3) is 0 Å². The molecule has 0 amide bonds. The standard InChI is InChI=1S/C12H20N2O2S/c1-9(2)8-14-17(15,16)12-6-4-11(5-7-12)10(3)13/h4-7,9-10,14H,8,13H2,1-3H3. The van der Waals surface area contributed by atoms with Crippen molar-refractivity contribution in [3.05, 3.63) is 29.8 Å². The van der Waals surface area contributed by atoms with Gasteiger partial charge in [-0.2, -0.15) is 0 Å². The fourth-order valence-corrected chi connectivity index (χ4v) is 2.52. The molecule has 3 N–H and O–H groups in total. The van der Waals surface area contributed by atoms with Crippen molar-refractivity contribution in [2.75, 3.05) is 6.54 Å². The molecule has 0 aliphatic carbocycles. The first kappa shape index (κ1) is 14.2. The summed E-state index contributed by atoms with van der Waals surface area (Å²) in [5.74, 6) is 0.285. The van der Waals surface area contributed by atoms with E-state index in [4.69, 9.17) is 5.73 Å². The summed E-state index contributed by atoms with van der Waals surface area (Å²) in [5.41, 5.74) is 6.63. The van der Waals surface area contributed by atoms with E-state index in [0.717, 1.165) is 5.56 Å². The normalized spacial score (nSPS) is 13.9. The Hall–Kier alpha value is -0.910. The zero-order valence-electron chi connectivity index (χ0n) is 10.5. The van der Waals surface area contributed by atoms with E-state index in [9.17, 15) is 8.42 Å². The van der Waals surface area contributed by atoms with Crippen molar-refractivity contribution in [1.82, 2.24) is 4.72 Å². The van der Waals surface area contributed by atoms with Crippen LogP contribution in [0.2, 0.25) is 0 Å². The van der Waals surface area contributed by atoms with E-state index < -0.39 is 10.0 Å². The second kappa shape index (κ2) is 5.62. The van der Waals surface area contributed by atoms with Gasteiger partial charge in [-0.15, -0.1) is 0 Å². The minimum atomic E-state index is -3.39. The topological polar surface area (TPSA) is 72.2 Å². The molecule has 0 aliphatic rings. The van der Waals surface area contributed by atoms with Crippen LogP contribution in [0.15, 0.2) is 29.2 Å². The molecule has 0 heterocycles. The lowest BCUT2D eigenvalue weighted by Crippen LogP contribution is -2.27. The molecule has 0 aliphatic heterocycles. The SMILES string of the molecule is CC(C)CNS(=O)(=O)c1ccc(C(C)N)cc1. The monoisotopic (exact) mass is 256 g/mol. The maximum absolute atomic E-state index is 11.9. The van der Waals surface area contributed by atoms with Crippen LogP contribution in [-0.4, -0.2) is 15.0 Å². The fraction of sp³-hybridized carbons (Fsp3) is 0.500. The van der Waals surface area contributed by atoms with Crippen molar-refractivity contribution in [3.63, 3.8) is 0 Å². The molecular weight excluding hydrogens is 236 g/mol. The second-order valence-electron chi connectivity index (χ2n) is 4.60. The summed E-state index contributed by atoms with van der Waals surface area (Å²) in [6.45, 7) is 6.22. The molecule has 1 unspecified atom stereocenters. The molecule has 1 aromatic rings. The molecule has 1 atom stereocenters. The highest BCUT2D eigenvalue weighted by Crippen LogP contribution is 2.14. The Morgan fingerprint density at radius 2 is 1.71 bits per heavy atom. The van der Waals surface area contributed by atoms with Crippen LogP contribution in [0.5, 0.6) is 0 Å². The lowest BCUT2D eigenvalue weighted by Gasteiger charge is -2.10. The van der Waals surface area contributed by atoms with E-state index in [1.165, 1.54) is 0 Å². The first-order valence-electron chi connectivity index (χ1n) is 5.68. The first-order chi connectivity index (χ1) is 7.83. The highest BCUT2D eigenvalue weighted by atomic mass is 32.2. The van der Waals surface area contributed by atoms with Gasteiger partial charge in [0, 0.05) is 12.6 Å². The summed E-state index contributed by atoms with van der Waals surface area (Å²) < 4.78 is 26.3. The van der Waals surface area contributed by atoms with Crippen molar-refractivity contribution in [2.24, 2.45) is 11.7 Å². The highest BCUT2D eigenvalue weighted by Gasteiger charge is 2.14. The van der Waals surface area contributed by atoms with Crippen LogP contribution in [0.1, 0.15) is 32.4 Å². The molecule has 0 bridgehead atoms. The maximum atomic E-state index is 11.9. The first-order valence-corrected chi connectivity index (χ1v) is 7.16. The van der Waals surface area contributed by atoms with Crippen molar-refractivity contribution in [3.8, 4) is 0 Å². The molecule has 0 radical (unpaired) electrons. The Bertz CT molecular complexity index is 450. The number of hydrogen-bond acceptors (Lipinski definition) is 3. The van der Waals surface area contributed by atoms with Crippen molar-refractivity contribution in [2.45, 2.75) is 31.7 Å². The van der Waals surface area contributed by atoms with Crippen LogP contribution in [0.4, 0.5) is 0 Å². The summed E-state index contributed by atoms with van der Waals surface area (Å²) in [5, 5.41) is 0. The van der Waals surface area contributed by atoms with Gasteiger partial charge in [-0.3, -0.25) is 0 Å². The smallest absolute Gasteiger partial charge is 0.240 e. The molecule has 96 valence electrons. The quantitative estimate of drug-likeness (QED) is 0.841. The van der Waals surface area contributed by atoms with Gasteiger partial charge in [0.25, 0.3) is 0 Å². The summed E-state index contributed by atoms with van der Waals surface area (Å²) in [4.78, 5) is 0.280. The van der Waals surface area contributed by atoms with Gasteiger partial charge in [-0.25, -0.2) is 13.1 Å². The number of nitrogens with two attached hydrogens (primary N) is 1. The molecule has 0 fully saturated rings. The van der Waals surface area contributed by atoms with Crippen LogP contribution in [-0.2, 0) is 10.0 Å². The van der Waals surface area contributed by atoms with Crippen LogP contribution in [0.3, 0.4) is 0 Å². The molecule has 1 aromatic carbocycles. The largest absolute Gasteiger partial charge is 0.324 e. The Morgan fingerprint density at radius 3 is 2.12 bits per heavy atom. The van der Waals surface area contributed by atoms with Crippen LogP contribution >= 0.6 is 0 Å². The molecule has 17 heavy (non-hydrogen) atoms. The predicted molar refractivity (Wildman–Crippen MR) is 69.1 cm³/mol. The minimum absolute atomic E-state index is 0.0876. The van der Waals surface area contributed by atoms with E-state index in [-0.39, 0.29) is 16.9 Å². The van der Waals surface area contributed by atoms with E-state index in [0.29, 0.717) is 6.54 Å². The van der Waals surface area contributed by atoms with Crippen molar-refractivity contribution < 1.29 is 8.42 Å². The van der Waals surface area contributed by atoms with Gasteiger partial charge < -0.3 is 5.73 Å². The van der Waals surface area contributed by atoms with Gasteiger partial charge in [-0.1, -0.05) is 26.0 Å². The average Bonchev–Trinajstić information content (AvgIpc) is 2.27. The number of sulfonamides is 1. The molecule has 5 heteroatoms. The second-order valence-corrected chi connectivity index (χ2v) is 6.37. The number of nitrogens with one attached hydrogen (secondary N) is 1. The molecule has 0 aromatic heterocycles. The molecule has 4 nitrogen and oxygen atoms in total. The number of hydrogen-bond donors (Lipinski definition) is 2. The summed E-state index contributed by atoms with van der Waals surface area (Å²) >= 11 is 0. The lowest BCUT2D eigenvalue weighted by atomic mass is 10.1. The molecule has 1 rings (SSSR count). The van der Waals surface area contributed by atoms with E-state index in [2.05, 4.69) is 4.72 Å². The van der Waals surface area contributed by atoms with Crippen molar-refractivity contribution >= 4 is 10.0 Å². The summed E-state index contributed by atoms with van der Waals surface area (Å²) in [7, 11) is -3.39. The van der Waals surface area contributed by atoms with Crippen LogP contribution in [0, 0.1) is 5.92 Å². The Kier molecular flexibility index (Phi) is 4.68.